The molecule has 0 atom stereocenters. The standard InChI is InChI=1S/C31H34N2O2S/c1-4-36-28-12-5-21(6-13-28)19-32-31(35)24-11-14-30(29(18-24)20(2)34)33(3)27-16-25(22-7-8-22)15-26(17-27)23-9-10-23/h5-6,11-18,22-23H,4,7-10,19H2,1-3H3,(H,32,35). The van der Waals surface area contributed by atoms with Crippen molar-refractivity contribution in [1.29, 1.82) is 0 Å². The molecule has 0 bridgehead atoms. The number of carbonyl (C=O) groups excluding carboxylic acids is 2. The van der Waals surface area contributed by atoms with Gasteiger partial charge >= 0.3 is 0 Å². The lowest BCUT2D eigenvalue weighted by Crippen LogP contribution is -2.23. The number of hydrogen-bond acceptors (Lipinski definition) is 4. The van der Waals surface area contributed by atoms with Crippen LogP contribution in [0.15, 0.2) is 65.6 Å². The summed E-state index contributed by atoms with van der Waals surface area (Å²) in [6.45, 7) is 4.15. The number of benzene rings is 3. The van der Waals surface area contributed by atoms with E-state index in [0.29, 0.717) is 29.5 Å². The van der Waals surface area contributed by atoms with Crippen LogP contribution in [0.1, 0.15) is 88.8 Å². The number of nitrogens with one attached hydrogen (secondary N) is 1. The minimum Gasteiger partial charge on any atom is -0.348 e. The number of ketones is 1. The van der Waals surface area contributed by atoms with Gasteiger partial charge in [0.05, 0.1) is 5.69 Å². The number of amides is 1. The highest BCUT2D eigenvalue weighted by Gasteiger charge is 2.29. The summed E-state index contributed by atoms with van der Waals surface area (Å²) in [6.07, 6.45) is 5.06. The molecule has 186 valence electrons. The first kappa shape index (κ1) is 24.6. The van der Waals surface area contributed by atoms with Gasteiger partial charge in [-0.15, -0.1) is 11.8 Å². The minimum absolute atomic E-state index is 0.0451. The normalized spacial score (nSPS) is 15.0. The molecular formula is C31H34N2O2S. The summed E-state index contributed by atoms with van der Waals surface area (Å²) in [7, 11) is 2.02. The predicted molar refractivity (Wildman–Crippen MR) is 149 cm³/mol. The second-order valence-corrected chi connectivity index (χ2v) is 11.4. The molecule has 0 aliphatic heterocycles. The van der Waals surface area contributed by atoms with Crippen LogP contribution < -0.4 is 10.2 Å². The molecule has 2 fully saturated rings. The van der Waals surface area contributed by atoms with E-state index in [0.717, 1.165) is 22.7 Å². The molecule has 36 heavy (non-hydrogen) atoms. The van der Waals surface area contributed by atoms with Gasteiger partial charge in [0.15, 0.2) is 5.78 Å². The van der Waals surface area contributed by atoms with Crippen molar-refractivity contribution in [2.75, 3.05) is 17.7 Å². The van der Waals surface area contributed by atoms with Gasteiger partial charge in [-0.1, -0.05) is 25.1 Å². The maximum Gasteiger partial charge on any atom is 0.251 e. The van der Waals surface area contributed by atoms with E-state index in [9.17, 15) is 9.59 Å². The lowest BCUT2D eigenvalue weighted by molar-refractivity contribution is 0.0951. The Kier molecular flexibility index (Phi) is 7.20. The van der Waals surface area contributed by atoms with Gasteiger partial charge < -0.3 is 10.2 Å². The number of anilines is 2. The number of nitrogens with zero attached hydrogens (tertiary/aromatic N) is 1. The number of hydrogen-bond donors (Lipinski definition) is 1. The fourth-order valence-corrected chi connectivity index (χ4v) is 5.36. The second-order valence-electron chi connectivity index (χ2n) is 10.0. The zero-order valence-corrected chi connectivity index (χ0v) is 22.2. The van der Waals surface area contributed by atoms with Gasteiger partial charge in [0, 0.05) is 35.3 Å². The molecule has 0 radical (unpaired) electrons. The van der Waals surface area contributed by atoms with E-state index in [1.165, 1.54) is 41.7 Å². The molecule has 0 heterocycles. The lowest BCUT2D eigenvalue weighted by Gasteiger charge is -2.24. The Bertz CT molecular complexity index is 1250. The average molecular weight is 499 g/mol. The second kappa shape index (κ2) is 10.5. The van der Waals surface area contributed by atoms with Crippen LogP contribution in [0.25, 0.3) is 0 Å². The Morgan fingerprint density at radius 1 is 0.917 bits per heavy atom. The molecule has 3 aromatic carbocycles. The highest BCUT2D eigenvalue weighted by Crippen LogP contribution is 2.47. The van der Waals surface area contributed by atoms with Crippen molar-refractivity contribution in [3.63, 3.8) is 0 Å². The van der Waals surface area contributed by atoms with E-state index in [2.05, 4.69) is 47.5 Å². The third-order valence-electron chi connectivity index (χ3n) is 7.13. The van der Waals surface area contributed by atoms with Crippen LogP contribution in [0.2, 0.25) is 0 Å². The molecule has 1 N–H and O–H groups in total. The van der Waals surface area contributed by atoms with E-state index in [-0.39, 0.29) is 11.7 Å². The van der Waals surface area contributed by atoms with Gasteiger partial charge in [0.25, 0.3) is 5.91 Å². The van der Waals surface area contributed by atoms with Gasteiger partial charge in [0.2, 0.25) is 0 Å². The zero-order valence-electron chi connectivity index (χ0n) is 21.3. The van der Waals surface area contributed by atoms with Crippen LogP contribution in [0.5, 0.6) is 0 Å². The molecule has 2 aliphatic rings. The summed E-state index contributed by atoms with van der Waals surface area (Å²) in [4.78, 5) is 28.9. The van der Waals surface area contributed by atoms with Crippen molar-refractivity contribution in [1.82, 2.24) is 5.32 Å². The lowest BCUT2D eigenvalue weighted by atomic mass is 10.0. The molecule has 0 aromatic heterocycles. The average Bonchev–Trinajstić information content (AvgIpc) is 3.80. The van der Waals surface area contributed by atoms with E-state index >= 15 is 0 Å². The van der Waals surface area contributed by atoms with Gasteiger partial charge in [-0.3, -0.25) is 9.59 Å². The smallest absolute Gasteiger partial charge is 0.251 e. The first-order chi connectivity index (χ1) is 17.4. The first-order valence-corrected chi connectivity index (χ1v) is 13.9. The summed E-state index contributed by atoms with van der Waals surface area (Å²) in [5.74, 6) is 2.17. The fourth-order valence-electron chi connectivity index (χ4n) is 4.70. The first-order valence-electron chi connectivity index (χ1n) is 13.0. The summed E-state index contributed by atoms with van der Waals surface area (Å²) in [5, 5.41) is 3.00. The van der Waals surface area contributed by atoms with Crippen molar-refractivity contribution in [3.05, 3.63) is 88.5 Å². The summed E-state index contributed by atoms with van der Waals surface area (Å²) in [6, 6.07) is 20.7. The van der Waals surface area contributed by atoms with Crippen molar-refractivity contribution in [3.8, 4) is 0 Å². The third-order valence-corrected chi connectivity index (χ3v) is 8.03. The Morgan fingerprint density at radius 3 is 2.11 bits per heavy atom. The number of carbonyl (C=O) groups is 2. The molecule has 1 amide bonds. The maximum absolute atomic E-state index is 12.9. The van der Waals surface area contributed by atoms with Crippen molar-refractivity contribution >= 4 is 34.8 Å². The molecule has 5 rings (SSSR count). The van der Waals surface area contributed by atoms with E-state index in [1.807, 2.05) is 31.3 Å². The highest BCUT2D eigenvalue weighted by molar-refractivity contribution is 7.99. The zero-order chi connectivity index (χ0) is 25.2. The molecule has 5 heteroatoms. The van der Waals surface area contributed by atoms with Gasteiger partial charge in [-0.2, -0.15) is 0 Å². The molecule has 2 aliphatic carbocycles. The Hall–Kier alpha value is -3.05. The van der Waals surface area contributed by atoms with Crippen molar-refractivity contribution in [2.24, 2.45) is 0 Å². The summed E-state index contributed by atoms with van der Waals surface area (Å²) >= 11 is 1.80. The largest absolute Gasteiger partial charge is 0.348 e. The minimum atomic E-state index is -0.175. The molecule has 0 saturated heterocycles. The van der Waals surface area contributed by atoms with Gasteiger partial charge in [0.1, 0.15) is 0 Å². The van der Waals surface area contributed by atoms with E-state index < -0.39 is 0 Å². The van der Waals surface area contributed by atoms with Gasteiger partial charge in [-0.05, 0) is 109 Å². The monoisotopic (exact) mass is 498 g/mol. The van der Waals surface area contributed by atoms with Crippen molar-refractivity contribution in [2.45, 2.75) is 62.8 Å². The fraction of sp³-hybridized carbons (Fsp3) is 0.355. The summed E-state index contributed by atoms with van der Waals surface area (Å²) < 4.78 is 0. The Morgan fingerprint density at radius 2 is 1.56 bits per heavy atom. The molecule has 4 nitrogen and oxygen atoms in total. The molecule has 2 saturated carbocycles. The van der Waals surface area contributed by atoms with Crippen molar-refractivity contribution < 1.29 is 9.59 Å². The maximum atomic E-state index is 12.9. The molecule has 3 aromatic rings. The van der Waals surface area contributed by atoms with Crippen LogP contribution in [0.3, 0.4) is 0 Å². The van der Waals surface area contributed by atoms with Crippen LogP contribution in [-0.2, 0) is 6.54 Å². The number of Topliss-reactive ketones (excluding diaryl/α,β-unsaturated/α-hetero) is 1. The summed E-state index contributed by atoms with van der Waals surface area (Å²) in [5.41, 5.74) is 6.90. The quantitative estimate of drug-likeness (QED) is 0.233. The van der Waals surface area contributed by atoms with Crippen LogP contribution in [0.4, 0.5) is 11.4 Å². The highest BCUT2D eigenvalue weighted by atomic mass is 32.2. The SMILES string of the molecule is CCSc1ccc(CNC(=O)c2ccc(N(C)c3cc(C4CC4)cc(C4CC4)c3)c(C(C)=O)c2)cc1. The Balaban J connectivity index is 1.35. The predicted octanol–water partition coefficient (Wildman–Crippen LogP) is 7.45. The van der Waals surface area contributed by atoms with E-state index in [1.54, 1.807) is 24.8 Å². The van der Waals surface area contributed by atoms with Crippen LogP contribution >= 0.6 is 11.8 Å². The van der Waals surface area contributed by atoms with Crippen LogP contribution in [0, 0.1) is 0 Å². The number of rotatable bonds is 10. The third kappa shape index (κ3) is 5.67. The topological polar surface area (TPSA) is 49.4 Å². The van der Waals surface area contributed by atoms with E-state index in [4.69, 9.17) is 0 Å². The molecule has 0 unspecified atom stereocenters. The Labute approximate surface area is 218 Å². The number of thioether (sulfide) groups is 1. The van der Waals surface area contributed by atoms with Crippen LogP contribution in [-0.4, -0.2) is 24.5 Å². The molecule has 0 spiro atoms. The van der Waals surface area contributed by atoms with Gasteiger partial charge in [-0.25, -0.2) is 0 Å². The molecular weight excluding hydrogens is 464 g/mol.